The fraction of sp³-hybridized carbons (Fsp3) is 0.167. The molecule has 5 rings (SSSR count). The average molecular weight is 554 g/mol. The average Bonchev–Trinajstić information content (AvgIpc) is 3.55. The second-order valence-electron chi connectivity index (χ2n) is 9.55. The fourth-order valence-electron chi connectivity index (χ4n) is 4.28. The summed E-state index contributed by atoms with van der Waals surface area (Å²) in [6.07, 6.45) is -0.228. The first kappa shape index (κ1) is 27.1. The Bertz CT molecular complexity index is 1720. The van der Waals surface area contributed by atoms with E-state index in [4.69, 9.17) is 8.94 Å². The highest BCUT2D eigenvalue weighted by Crippen LogP contribution is 2.25. The minimum Gasteiger partial charge on any atom is -0.481 e. The van der Waals surface area contributed by atoms with Gasteiger partial charge in [0.15, 0.2) is 11.3 Å². The van der Waals surface area contributed by atoms with Crippen molar-refractivity contribution in [1.82, 2.24) is 15.5 Å². The summed E-state index contributed by atoms with van der Waals surface area (Å²) in [4.78, 5) is 41.1. The smallest absolute Gasteiger partial charge is 0.305 e. The number of hydrogen-bond acceptors (Lipinski definition) is 8. The lowest BCUT2D eigenvalue weighted by Gasteiger charge is -2.17. The number of aliphatic carboxylic acids is 1. The number of carbonyl (C=O) groups excluding carboxylic acids is 2. The summed E-state index contributed by atoms with van der Waals surface area (Å²) in [5.74, 6) is -1.41. The number of hydrogen-bond donors (Lipinski definition) is 4. The fourth-order valence-corrected chi connectivity index (χ4v) is 4.28. The molecule has 0 aliphatic heterocycles. The third kappa shape index (κ3) is 6.77. The van der Waals surface area contributed by atoms with Gasteiger partial charge in [0.1, 0.15) is 11.3 Å². The summed E-state index contributed by atoms with van der Waals surface area (Å²) in [7, 11) is 0. The molecule has 2 heterocycles. The Morgan fingerprint density at radius 3 is 2.46 bits per heavy atom. The van der Waals surface area contributed by atoms with E-state index in [2.05, 4.69) is 26.1 Å². The third-order valence-corrected chi connectivity index (χ3v) is 6.35. The lowest BCUT2D eigenvalue weighted by molar-refractivity contribution is -0.137. The minimum atomic E-state index is -1.08. The van der Waals surface area contributed by atoms with Crippen molar-refractivity contribution in [3.63, 3.8) is 0 Å². The van der Waals surface area contributed by atoms with Crippen LogP contribution in [-0.2, 0) is 16.0 Å². The summed E-state index contributed by atoms with van der Waals surface area (Å²) in [6, 6.07) is 20.8. The Balaban J connectivity index is 1.22. The number of carboxylic acid groups (broad SMARTS) is 1. The molecule has 0 fully saturated rings. The van der Waals surface area contributed by atoms with Gasteiger partial charge in [-0.2, -0.15) is 4.98 Å². The van der Waals surface area contributed by atoms with Crippen LogP contribution in [-0.4, -0.2) is 33.0 Å². The number of nitrogens with zero attached hydrogens (tertiary/aromatic N) is 2. The number of aromatic nitrogens is 2. The molecule has 0 saturated heterocycles. The van der Waals surface area contributed by atoms with Gasteiger partial charge in [0.25, 0.3) is 11.9 Å². The molecule has 0 saturated carbocycles. The number of rotatable bonds is 10. The van der Waals surface area contributed by atoms with Crippen LogP contribution in [0.25, 0.3) is 11.1 Å². The zero-order chi connectivity index (χ0) is 28.9. The predicted molar refractivity (Wildman–Crippen MR) is 151 cm³/mol. The molecule has 208 valence electrons. The quantitative estimate of drug-likeness (QED) is 0.180. The molecule has 11 nitrogen and oxygen atoms in total. The van der Waals surface area contributed by atoms with Crippen molar-refractivity contribution in [3.05, 3.63) is 101 Å². The highest BCUT2D eigenvalue weighted by atomic mass is 16.5. The van der Waals surface area contributed by atoms with Crippen LogP contribution in [0.4, 0.5) is 17.4 Å². The molecule has 0 bridgehead atoms. The van der Waals surface area contributed by atoms with Crippen LogP contribution in [0.15, 0.2) is 81.7 Å². The molecule has 0 spiro atoms. The van der Waals surface area contributed by atoms with E-state index < -0.39 is 17.9 Å². The van der Waals surface area contributed by atoms with Crippen LogP contribution < -0.4 is 16.0 Å². The summed E-state index contributed by atoms with van der Waals surface area (Å²) >= 11 is 0. The predicted octanol–water partition coefficient (Wildman–Crippen LogP) is 5.30. The van der Waals surface area contributed by atoms with E-state index in [1.807, 2.05) is 37.3 Å². The SMILES string of the molecule is Cc1cc(C(=O)NC(CC(=O)O)c2ccc(NC(=O)Cc3ccc4nc(Nc5ccccc5C)oc4c3)cc2)no1. The standard InChI is InChI=1S/C30H27N5O6/c1-17-5-3-4-6-22(17)33-30-34-23-12-7-19(14-26(23)40-30)15-27(36)31-21-10-8-20(9-11-21)24(16-28(37)38)32-29(39)25-13-18(2)41-35-25/h3-14,24H,15-16H2,1-2H3,(H,31,36)(H,32,39)(H,33,34)(H,37,38). The Morgan fingerprint density at radius 1 is 0.976 bits per heavy atom. The van der Waals surface area contributed by atoms with Gasteiger partial charge in [-0.25, -0.2) is 0 Å². The number of oxazole rings is 1. The van der Waals surface area contributed by atoms with Crippen molar-refractivity contribution in [2.45, 2.75) is 32.7 Å². The molecule has 1 atom stereocenters. The number of amides is 2. The highest BCUT2D eigenvalue weighted by Gasteiger charge is 2.21. The van der Waals surface area contributed by atoms with E-state index in [1.165, 1.54) is 6.07 Å². The van der Waals surface area contributed by atoms with Crippen molar-refractivity contribution in [1.29, 1.82) is 0 Å². The largest absolute Gasteiger partial charge is 0.481 e. The van der Waals surface area contributed by atoms with Crippen LogP contribution in [0.5, 0.6) is 0 Å². The van der Waals surface area contributed by atoms with Crippen molar-refractivity contribution in [2.24, 2.45) is 0 Å². The Labute approximate surface area is 234 Å². The van der Waals surface area contributed by atoms with Crippen LogP contribution in [0, 0.1) is 13.8 Å². The van der Waals surface area contributed by atoms with Crippen LogP contribution in [0.1, 0.15) is 45.4 Å². The first-order chi connectivity index (χ1) is 19.7. The molecule has 11 heteroatoms. The number of aryl methyl sites for hydroxylation is 2. The van der Waals surface area contributed by atoms with Gasteiger partial charge in [-0.1, -0.05) is 41.6 Å². The maximum Gasteiger partial charge on any atom is 0.305 e. The molecule has 1 unspecified atom stereocenters. The zero-order valence-corrected chi connectivity index (χ0v) is 22.3. The summed E-state index contributed by atoms with van der Waals surface area (Å²) in [5.41, 5.74) is 5.07. The Hall–Kier alpha value is -5.45. The molecule has 0 aliphatic carbocycles. The second kappa shape index (κ2) is 11.7. The number of nitrogens with one attached hydrogen (secondary N) is 3. The number of benzene rings is 3. The monoisotopic (exact) mass is 553 g/mol. The van der Waals surface area contributed by atoms with Crippen LogP contribution in [0.3, 0.4) is 0 Å². The van der Waals surface area contributed by atoms with Crippen molar-refractivity contribution >= 4 is 46.3 Å². The van der Waals surface area contributed by atoms with E-state index in [1.54, 1.807) is 43.3 Å². The van der Waals surface area contributed by atoms with Gasteiger partial charge in [0, 0.05) is 17.4 Å². The number of anilines is 3. The molecular weight excluding hydrogens is 526 g/mol. The lowest BCUT2D eigenvalue weighted by Crippen LogP contribution is -2.30. The molecule has 4 N–H and O–H groups in total. The summed E-state index contributed by atoms with van der Waals surface area (Å²) < 4.78 is 10.8. The minimum absolute atomic E-state index is 0.0593. The normalized spacial score (nSPS) is 11.7. The molecule has 0 radical (unpaired) electrons. The topological polar surface area (TPSA) is 160 Å². The third-order valence-electron chi connectivity index (χ3n) is 6.35. The van der Waals surface area contributed by atoms with E-state index in [0.717, 1.165) is 16.8 Å². The van der Waals surface area contributed by atoms with E-state index in [0.29, 0.717) is 34.1 Å². The van der Waals surface area contributed by atoms with Gasteiger partial charge < -0.3 is 30.0 Å². The molecule has 2 aromatic heterocycles. The van der Waals surface area contributed by atoms with Crippen LogP contribution >= 0.6 is 0 Å². The van der Waals surface area contributed by atoms with Crippen molar-refractivity contribution in [2.75, 3.05) is 10.6 Å². The van der Waals surface area contributed by atoms with Crippen molar-refractivity contribution in [3.8, 4) is 0 Å². The molecule has 5 aromatic rings. The van der Waals surface area contributed by atoms with Gasteiger partial charge in [0.2, 0.25) is 5.91 Å². The van der Waals surface area contributed by atoms with Gasteiger partial charge in [0.05, 0.1) is 18.9 Å². The zero-order valence-electron chi connectivity index (χ0n) is 22.3. The van der Waals surface area contributed by atoms with Gasteiger partial charge in [-0.05, 0) is 60.9 Å². The number of carbonyl (C=O) groups is 3. The highest BCUT2D eigenvalue weighted by molar-refractivity contribution is 5.93. The molecular formula is C30H27N5O6. The van der Waals surface area contributed by atoms with E-state index in [-0.39, 0.29) is 24.4 Å². The Morgan fingerprint density at radius 2 is 1.76 bits per heavy atom. The Kier molecular flexibility index (Phi) is 7.77. The molecule has 3 aromatic carbocycles. The maximum absolute atomic E-state index is 12.8. The van der Waals surface area contributed by atoms with Crippen molar-refractivity contribution < 1.29 is 28.4 Å². The molecule has 41 heavy (non-hydrogen) atoms. The second-order valence-corrected chi connectivity index (χ2v) is 9.55. The molecule has 2 amide bonds. The number of fused-ring (bicyclic) bond motifs is 1. The summed E-state index contributed by atoms with van der Waals surface area (Å²) in [5, 5.41) is 21.7. The number of carboxylic acids is 1. The maximum atomic E-state index is 12.8. The van der Waals surface area contributed by atoms with E-state index in [9.17, 15) is 19.5 Å². The first-order valence-corrected chi connectivity index (χ1v) is 12.8. The summed E-state index contributed by atoms with van der Waals surface area (Å²) in [6.45, 7) is 3.64. The lowest BCUT2D eigenvalue weighted by atomic mass is 10.0. The number of para-hydroxylation sites is 1. The van der Waals surface area contributed by atoms with E-state index >= 15 is 0 Å². The van der Waals surface area contributed by atoms with Gasteiger partial charge in [-0.15, -0.1) is 0 Å². The van der Waals surface area contributed by atoms with Gasteiger partial charge in [-0.3, -0.25) is 14.4 Å². The first-order valence-electron chi connectivity index (χ1n) is 12.8. The van der Waals surface area contributed by atoms with Crippen LogP contribution in [0.2, 0.25) is 0 Å². The van der Waals surface area contributed by atoms with Gasteiger partial charge >= 0.3 is 5.97 Å². The molecule has 0 aliphatic rings.